The molecule has 0 fully saturated rings. The third-order valence-corrected chi connectivity index (χ3v) is 3.94. The van der Waals surface area contributed by atoms with Crippen molar-refractivity contribution in [3.63, 3.8) is 0 Å². The van der Waals surface area contributed by atoms with Crippen molar-refractivity contribution >= 4 is 16.1 Å². The maximum atomic E-state index is 13.6. The van der Waals surface area contributed by atoms with Gasteiger partial charge in [0.25, 0.3) is 0 Å². The number of halogens is 1. The molecule has 23 heavy (non-hydrogen) atoms. The number of hydrogen-bond acceptors (Lipinski definition) is 3. The van der Waals surface area contributed by atoms with Crippen molar-refractivity contribution in [3.05, 3.63) is 35.6 Å². The van der Waals surface area contributed by atoms with Crippen molar-refractivity contribution in [1.82, 2.24) is 15.4 Å². The lowest BCUT2D eigenvalue weighted by atomic mass is 10.1. The molecule has 1 aromatic carbocycles. The van der Waals surface area contributed by atoms with Crippen LogP contribution in [-0.4, -0.2) is 38.8 Å². The van der Waals surface area contributed by atoms with E-state index < -0.39 is 21.6 Å². The van der Waals surface area contributed by atoms with E-state index in [-0.39, 0.29) is 18.4 Å². The Morgan fingerprint density at radius 1 is 1.30 bits per heavy atom. The highest BCUT2D eigenvalue weighted by Crippen LogP contribution is 2.09. The predicted octanol–water partition coefficient (Wildman–Crippen LogP) is 1.38. The first-order valence-corrected chi connectivity index (χ1v) is 9.14. The van der Waals surface area contributed by atoms with Crippen molar-refractivity contribution in [3.8, 4) is 0 Å². The van der Waals surface area contributed by atoms with E-state index in [9.17, 15) is 17.6 Å². The van der Waals surface area contributed by atoms with Crippen LogP contribution in [0.2, 0.25) is 0 Å². The minimum absolute atomic E-state index is 0.123. The van der Waals surface area contributed by atoms with E-state index in [1.165, 1.54) is 6.07 Å². The van der Waals surface area contributed by atoms with Crippen LogP contribution in [0.3, 0.4) is 0 Å². The highest BCUT2D eigenvalue weighted by atomic mass is 32.2. The molecule has 0 saturated carbocycles. The Bertz CT molecular complexity index is 647. The number of carbonyl (C=O) groups excluding carboxylic acids is 1. The van der Waals surface area contributed by atoms with E-state index in [0.29, 0.717) is 12.0 Å². The van der Waals surface area contributed by atoms with Gasteiger partial charge in [0.15, 0.2) is 0 Å². The third kappa shape index (κ3) is 7.94. The molecule has 1 rings (SSSR count). The molecular formula is C15H24FN3O3S. The SMILES string of the molecule is C[C@@H](Cc1ccccc1F)NC(=O)NCC(C)(C)NS(C)(=O)=O. The van der Waals surface area contributed by atoms with Gasteiger partial charge in [-0.25, -0.2) is 22.3 Å². The van der Waals surface area contributed by atoms with Crippen molar-refractivity contribution in [2.45, 2.75) is 38.8 Å². The van der Waals surface area contributed by atoms with Gasteiger partial charge in [-0.3, -0.25) is 0 Å². The van der Waals surface area contributed by atoms with Crippen LogP contribution < -0.4 is 15.4 Å². The maximum Gasteiger partial charge on any atom is 0.315 e. The van der Waals surface area contributed by atoms with Crippen LogP contribution in [0.15, 0.2) is 24.3 Å². The zero-order valence-corrected chi connectivity index (χ0v) is 14.6. The monoisotopic (exact) mass is 345 g/mol. The van der Waals surface area contributed by atoms with Crippen LogP contribution in [0.5, 0.6) is 0 Å². The van der Waals surface area contributed by atoms with Gasteiger partial charge in [-0.05, 0) is 38.8 Å². The molecule has 0 heterocycles. The molecule has 6 nitrogen and oxygen atoms in total. The molecule has 130 valence electrons. The summed E-state index contributed by atoms with van der Waals surface area (Å²) in [6.07, 6.45) is 1.43. The highest BCUT2D eigenvalue weighted by Gasteiger charge is 2.23. The summed E-state index contributed by atoms with van der Waals surface area (Å²) in [5, 5.41) is 5.30. The Hall–Kier alpha value is -1.67. The molecular weight excluding hydrogens is 321 g/mol. The van der Waals surface area contributed by atoms with Gasteiger partial charge in [0.2, 0.25) is 10.0 Å². The second-order valence-electron chi connectivity index (χ2n) is 6.28. The second-order valence-corrected chi connectivity index (χ2v) is 8.03. The number of nitrogens with one attached hydrogen (secondary N) is 3. The molecule has 0 aliphatic heterocycles. The van der Waals surface area contributed by atoms with E-state index in [2.05, 4.69) is 15.4 Å². The average Bonchev–Trinajstić information content (AvgIpc) is 2.36. The summed E-state index contributed by atoms with van der Waals surface area (Å²) in [6, 6.07) is 5.70. The van der Waals surface area contributed by atoms with Gasteiger partial charge in [-0.2, -0.15) is 0 Å². The van der Waals surface area contributed by atoms with Gasteiger partial charge >= 0.3 is 6.03 Å². The zero-order valence-electron chi connectivity index (χ0n) is 13.8. The number of amides is 2. The van der Waals surface area contributed by atoms with Crippen molar-refractivity contribution in [1.29, 1.82) is 0 Å². The van der Waals surface area contributed by atoms with E-state index in [0.717, 1.165) is 6.26 Å². The first kappa shape index (κ1) is 19.4. The maximum absolute atomic E-state index is 13.6. The molecule has 0 saturated heterocycles. The summed E-state index contributed by atoms with van der Waals surface area (Å²) in [5.74, 6) is -0.306. The largest absolute Gasteiger partial charge is 0.336 e. The molecule has 0 aliphatic rings. The number of rotatable bonds is 7. The lowest BCUT2D eigenvalue weighted by Crippen LogP contribution is -2.53. The number of benzene rings is 1. The fourth-order valence-corrected chi connectivity index (χ4v) is 3.23. The van der Waals surface area contributed by atoms with E-state index in [1.807, 2.05) is 0 Å². The highest BCUT2D eigenvalue weighted by molar-refractivity contribution is 7.88. The van der Waals surface area contributed by atoms with Crippen molar-refractivity contribution in [2.75, 3.05) is 12.8 Å². The molecule has 0 aromatic heterocycles. The summed E-state index contributed by atoms with van der Waals surface area (Å²) in [6.45, 7) is 5.22. The molecule has 0 aliphatic carbocycles. The Balaban J connectivity index is 2.46. The number of urea groups is 1. The third-order valence-electron chi connectivity index (χ3n) is 3.01. The minimum Gasteiger partial charge on any atom is -0.336 e. The first-order chi connectivity index (χ1) is 10.5. The molecule has 2 amide bonds. The fourth-order valence-electron chi connectivity index (χ4n) is 2.16. The van der Waals surface area contributed by atoms with Gasteiger partial charge in [0.05, 0.1) is 6.26 Å². The summed E-state index contributed by atoms with van der Waals surface area (Å²) in [7, 11) is -3.36. The minimum atomic E-state index is -3.36. The van der Waals surface area contributed by atoms with Crippen LogP contribution in [0, 0.1) is 5.82 Å². The summed E-state index contributed by atoms with van der Waals surface area (Å²) in [5.41, 5.74) is -0.279. The summed E-state index contributed by atoms with van der Waals surface area (Å²) >= 11 is 0. The molecule has 3 N–H and O–H groups in total. The zero-order chi connectivity index (χ0) is 17.7. The average molecular weight is 345 g/mol. The Kier molecular flexibility index (Phi) is 6.52. The van der Waals surface area contributed by atoms with Crippen LogP contribution in [0.25, 0.3) is 0 Å². The Morgan fingerprint density at radius 3 is 2.48 bits per heavy atom. The topological polar surface area (TPSA) is 87.3 Å². The molecule has 0 spiro atoms. The number of carbonyl (C=O) groups is 1. The normalized spacial score (nSPS) is 13.4. The second kappa shape index (κ2) is 7.74. The molecule has 1 atom stereocenters. The van der Waals surface area contributed by atoms with Gasteiger partial charge in [-0.1, -0.05) is 18.2 Å². The predicted molar refractivity (Wildman–Crippen MR) is 88.2 cm³/mol. The lowest BCUT2D eigenvalue weighted by molar-refractivity contribution is 0.234. The van der Waals surface area contributed by atoms with Crippen LogP contribution in [-0.2, 0) is 16.4 Å². The van der Waals surface area contributed by atoms with Crippen LogP contribution in [0.1, 0.15) is 26.3 Å². The molecule has 0 unspecified atom stereocenters. The van der Waals surface area contributed by atoms with Crippen molar-refractivity contribution < 1.29 is 17.6 Å². The molecule has 0 bridgehead atoms. The first-order valence-electron chi connectivity index (χ1n) is 7.25. The summed E-state index contributed by atoms with van der Waals surface area (Å²) in [4.78, 5) is 11.8. The van der Waals surface area contributed by atoms with Gasteiger partial charge in [-0.15, -0.1) is 0 Å². The van der Waals surface area contributed by atoms with E-state index in [4.69, 9.17) is 0 Å². The quantitative estimate of drug-likeness (QED) is 0.698. The lowest BCUT2D eigenvalue weighted by Gasteiger charge is -2.26. The van der Waals surface area contributed by atoms with Crippen LogP contribution >= 0.6 is 0 Å². The summed E-state index contributed by atoms with van der Waals surface area (Å²) < 4.78 is 38.4. The van der Waals surface area contributed by atoms with Crippen LogP contribution in [0.4, 0.5) is 9.18 Å². The smallest absolute Gasteiger partial charge is 0.315 e. The fraction of sp³-hybridized carbons (Fsp3) is 0.533. The van der Waals surface area contributed by atoms with E-state index in [1.54, 1.807) is 39.0 Å². The number of sulfonamides is 1. The van der Waals surface area contributed by atoms with E-state index >= 15 is 0 Å². The molecule has 0 radical (unpaired) electrons. The number of hydrogen-bond donors (Lipinski definition) is 3. The molecule has 8 heteroatoms. The van der Waals surface area contributed by atoms with Gasteiger partial charge in [0.1, 0.15) is 5.82 Å². The van der Waals surface area contributed by atoms with Crippen molar-refractivity contribution in [2.24, 2.45) is 0 Å². The van der Waals surface area contributed by atoms with Gasteiger partial charge in [0, 0.05) is 18.1 Å². The Morgan fingerprint density at radius 2 is 1.91 bits per heavy atom. The molecule has 1 aromatic rings. The Labute approximate surface area is 136 Å². The van der Waals surface area contributed by atoms with Gasteiger partial charge < -0.3 is 10.6 Å². The standard InChI is InChI=1S/C15H24FN3O3S/c1-11(9-12-7-5-6-8-13(12)16)18-14(20)17-10-15(2,3)19-23(4,21)22/h5-8,11,19H,9-10H2,1-4H3,(H2,17,18,20)/t11-/m0/s1.